The fourth-order valence-corrected chi connectivity index (χ4v) is 1.21. The molecule has 0 radical (unpaired) electrons. The Balaban J connectivity index is 0.00000121. The maximum atomic E-state index is 11.8. The minimum absolute atomic E-state index is 0.352. The first-order valence-corrected chi connectivity index (χ1v) is 6.23. The molecule has 17 heavy (non-hydrogen) atoms. The Morgan fingerprint density at radius 1 is 1.12 bits per heavy atom. The fraction of sp³-hybridized carbons (Fsp3) is 0.400. The third kappa shape index (κ3) is 5.18. The number of hydrogen-bond donors (Lipinski definition) is 0. The van der Waals surface area contributed by atoms with Crippen molar-refractivity contribution in [1.29, 1.82) is 0 Å². The Morgan fingerprint density at radius 3 is 2.00 bits per heavy atom. The van der Waals surface area contributed by atoms with E-state index in [-0.39, 0.29) is 0 Å². The molecular weight excluding hydrogens is 257 g/mol. The first kappa shape index (κ1) is 15.9. The Hall–Kier alpha value is -1.08. The van der Waals surface area contributed by atoms with Crippen LogP contribution in [0.5, 0.6) is 0 Å². The van der Waals surface area contributed by atoms with E-state index >= 15 is 0 Å². The summed E-state index contributed by atoms with van der Waals surface area (Å²) in [6.07, 6.45) is 0. The van der Waals surface area contributed by atoms with Gasteiger partial charge in [0.2, 0.25) is 0 Å². The molecule has 98 valence electrons. The van der Waals surface area contributed by atoms with E-state index in [1.165, 1.54) is 12.1 Å². The molecule has 1 rings (SSSR count). The molecule has 0 saturated heterocycles. The molecule has 0 aromatic heterocycles. The molecule has 0 amide bonds. The summed E-state index contributed by atoms with van der Waals surface area (Å²) in [6, 6.07) is 7.72. The maximum absolute atomic E-state index is 11.8. The summed E-state index contributed by atoms with van der Waals surface area (Å²) in [5.74, 6) is 0. The molecule has 7 heteroatoms. The summed E-state index contributed by atoms with van der Waals surface area (Å²) in [5, 5.41) is 0. The highest BCUT2D eigenvalue weighted by Gasteiger charge is 2.47. The lowest BCUT2D eigenvalue weighted by Gasteiger charge is -2.07. The van der Waals surface area contributed by atoms with Gasteiger partial charge in [-0.15, -0.1) is 0 Å². The molecule has 0 fully saturated rings. The average molecular weight is 270 g/mol. The van der Waals surface area contributed by atoms with E-state index in [0.29, 0.717) is 5.56 Å². The van der Waals surface area contributed by atoms with E-state index in [1.807, 2.05) is 13.8 Å². The van der Waals surface area contributed by atoms with E-state index in [0.717, 1.165) is 0 Å². The van der Waals surface area contributed by atoms with Crippen LogP contribution < -0.4 is 0 Å². The second-order valence-corrected chi connectivity index (χ2v) is 4.25. The molecule has 0 unspecified atom stereocenters. The Labute approximate surface area is 98.3 Å². The van der Waals surface area contributed by atoms with Gasteiger partial charge in [-0.3, -0.25) is 4.18 Å². The predicted octanol–water partition coefficient (Wildman–Crippen LogP) is 3.08. The lowest BCUT2D eigenvalue weighted by molar-refractivity contribution is -0.0547. The number of halogens is 3. The second kappa shape index (κ2) is 6.61. The molecule has 1 aromatic rings. The highest BCUT2D eigenvalue weighted by Crippen LogP contribution is 2.25. The van der Waals surface area contributed by atoms with Gasteiger partial charge in [-0.25, -0.2) is 0 Å². The van der Waals surface area contributed by atoms with Gasteiger partial charge in [-0.1, -0.05) is 44.2 Å². The topological polar surface area (TPSA) is 43.4 Å². The molecule has 3 nitrogen and oxygen atoms in total. The monoisotopic (exact) mass is 270 g/mol. The van der Waals surface area contributed by atoms with Crippen molar-refractivity contribution >= 4 is 10.1 Å². The van der Waals surface area contributed by atoms with Crippen LogP contribution in [0.4, 0.5) is 13.2 Å². The SMILES string of the molecule is CC.O=S(=O)(OCc1ccccc1)C(F)(F)F. The Morgan fingerprint density at radius 2 is 1.59 bits per heavy atom. The van der Waals surface area contributed by atoms with Crippen LogP contribution in [0, 0.1) is 0 Å². The van der Waals surface area contributed by atoms with Crippen molar-refractivity contribution < 1.29 is 25.8 Å². The van der Waals surface area contributed by atoms with Crippen LogP contribution in [-0.2, 0) is 20.9 Å². The third-order valence-corrected chi connectivity index (χ3v) is 2.50. The second-order valence-electron chi connectivity index (χ2n) is 2.65. The van der Waals surface area contributed by atoms with Gasteiger partial charge in [0, 0.05) is 0 Å². The average Bonchev–Trinajstić information content (AvgIpc) is 2.29. The first-order valence-electron chi connectivity index (χ1n) is 4.82. The van der Waals surface area contributed by atoms with Crippen molar-refractivity contribution in [2.45, 2.75) is 26.0 Å². The van der Waals surface area contributed by atoms with Crippen molar-refractivity contribution in [3.05, 3.63) is 35.9 Å². The summed E-state index contributed by atoms with van der Waals surface area (Å²) in [7, 11) is -5.50. The number of alkyl halides is 3. The van der Waals surface area contributed by atoms with Gasteiger partial charge < -0.3 is 0 Å². The largest absolute Gasteiger partial charge is 0.523 e. The predicted molar refractivity (Wildman–Crippen MR) is 57.6 cm³/mol. The van der Waals surface area contributed by atoms with Crippen molar-refractivity contribution in [3.8, 4) is 0 Å². The molecule has 0 bridgehead atoms. The molecule has 0 heterocycles. The van der Waals surface area contributed by atoms with Crippen LogP contribution >= 0.6 is 0 Å². The molecule has 0 spiro atoms. The van der Waals surface area contributed by atoms with Crippen LogP contribution in [0.1, 0.15) is 19.4 Å². The minimum atomic E-state index is -5.50. The quantitative estimate of drug-likeness (QED) is 0.626. The van der Waals surface area contributed by atoms with Crippen molar-refractivity contribution in [2.75, 3.05) is 0 Å². The van der Waals surface area contributed by atoms with E-state index in [9.17, 15) is 21.6 Å². The van der Waals surface area contributed by atoms with Gasteiger partial charge in [0.25, 0.3) is 0 Å². The first-order chi connectivity index (χ1) is 7.83. The lowest BCUT2D eigenvalue weighted by Crippen LogP contribution is -2.25. The minimum Gasteiger partial charge on any atom is -0.258 e. The van der Waals surface area contributed by atoms with Gasteiger partial charge >= 0.3 is 15.6 Å². The van der Waals surface area contributed by atoms with E-state index < -0.39 is 22.2 Å². The molecule has 0 N–H and O–H groups in total. The van der Waals surface area contributed by atoms with Gasteiger partial charge in [-0.05, 0) is 5.56 Å². The fourth-order valence-electron chi connectivity index (χ4n) is 0.787. The molecule has 0 aliphatic carbocycles. The summed E-state index contributed by atoms with van der Waals surface area (Å²) >= 11 is 0. The zero-order valence-electron chi connectivity index (χ0n) is 9.36. The smallest absolute Gasteiger partial charge is 0.258 e. The van der Waals surface area contributed by atoms with E-state index in [1.54, 1.807) is 18.2 Å². The maximum Gasteiger partial charge on any atom is 0.523 e. The number of hydrogen-bond acceptors (Lipinski definition) is 3. The lowest BCUT2D eigenvalue weighted by atomic mass is 10.2. The van der Waals surface area contributed by atoms with Crippen LogP contribution in [0.3, 0.4) is 0 Å². The standard InChI is InChI=1S/C8H7F3O3S.C2H6/c9-8(10,11)15(12,13)14-6-7-4-2-1-3-5-7;1-2/h1-5H,6H2;1-2H3. The van der Waals surface area contributed by atoms with E-state index in [2.05, 4.69) is 4.18 Å². The Kier molecular flexibility index (Phi) is 6.19. The highest BCUT2D eigenvalue weighted by atomic mass is 32.2. The molecule has 0 atom stereocenters. The van der Waals surface area contributed by atoms with Gasteiger partial charge in [0.15, 0.2) is 0 Å². The van der Waals surface area contributed by atoms with Crippen LogP contribution in [0.25, 0.3) is 0 Å². The Bertz CT molecular complexity index is 412. The van der Waals surface area contributed by atoms with Crippen LogP contribution in [0.15, 0.2) is 30.3 Å². The number of rotatable bonds is 3. The van der Waals surface area contributed by atoms with E-state index in [4.69, 9.17) is 0 Å². The zero-order valence-corrected chi connectivity index (χ0v) is 10.2. The van der Waals surface area contributed by atoms with Crippen molar-refractivity contribution in [1.82, 2.24) is 0 Å². The summed E-state index contributed by atoms with van der Waals surface area (Å²) in [5.41, 5.74) is -5.02. The molecule has 0 saturated carbocycles. The van der Waals surface area contributed by atoms with Crippen LogP contribution in [0.2, 0.25) is 0 Å². The number of benzene rings is 1. The van der Waals surface area contributed by atoms with Crippen LogP contribution in [-0.4, -0.2) is 13.9 Å². The van der Waals surface area contributed by atoms with Gasteiger partial charge in [0.05, 0.1) is 6.61 Å². The normalized spacial score (nSPS) is 11.6. The molecule has 0 aliphatic heterocycles. The zero-order chi connectivity index (χ0) is 13.5. The highest BCUT2D eigenvalue weighted by molar-refractivity contribution is 7.87. The molecule has 1 aromatic carbocycles. The summed E-state index contributed by atoms with van der Waals surface area (Å²) in [4.78, 5) is 0. The summed E-state index contributed by atoms with van der Waals surface area (Å²) in [6.45, 7) is 3.38. The van der Waals surface area contributed by atoms with Crippen molar-refractivity contribution in [3.63, 3.8) is 0 Å². The third-order valence-electron chi connectivity index (χ3n) is 1.51. The molecular formula is C10H13F3O3S. The molecule has 0 aliphatic rings. The van der Waals surface area contributed by atoms with Gasteiger partial charge in [-0.2, -0.15) is 21.6 Å². The van der Waals surface area contributed by atoms with Gasteiger partial charge in [0.1, 0.15) is 0 Å². The van der Waals surface area contributed by atoms with Crippen molar-refractivity contribution in [2.24, 2.45) is 0 Å². The summed E-state index contributed by atoms with van der Waals surface area (Å²) < 4.78 is 60.3.